The van der Waals surface area contributed by atoms with Gasteiger partial charge < -0.3 is 19.9 Å². The molecule has 0 spiro atoms. The van der Waals surface area contributed by atoms with Crippen molar-refractivity contribution in [1.29, 1.82) is 0 Å². The van der Waals surface area contributed by atoms with E-state index < -0.39 is 0 Å². The summed E-state index contributed by atoms with van der Waals surface area (Å²) in [6.07, 6.45) is 1.87. The number of hydrogen-bond acceptors (Lipinski definition) is 4. The van der Waals surface area contributed by atoms with Gasteiger partial charge in [0.25, 0.3) is 0 Å². The number of aromatic nitrogens is 2. The highest BCUT2D eigenvalue weighted by atomic mass is 16.5. The number of imidazole rings is 1. The Morgan fingerprint density at radius 2 is 2.00 bits per heavy atom. The van der Waals surface area contributed by atoms with Gasteiger partial charge in [-0.3, -0.25) is 4.79 Å². The molecule has 0 bridgehead atoms. The number of ether oxygens (including phenoxy) is 1. The molecule has 2 aromatic carbocycles. The molecule has 0 unspecified atom stereocenters. The van der Waals surface area contributed by atoms with Crippen molar-refractivity contribution in [3.8, 4) is 0 Å². The molecule has 1 aromatic heterocycles. The van der Waals surface area contributed by atoms with Crippen LogP contribution in [0, 0.1) is 0 Å². The third-order valence-electron chi connectivity index (χ3n) is 4.13. The first-order valence-corrected chi connectivity index (χ1v) is 8.70. The van der Waals surface area contributed by atoms with Crippen molar-refractivity contribution in [3.63, 3.8) is 0 Å². The number of methoxy groups -OCH3 is 1. The molecule has 0 fully saturated rings. The number of carbonyl (C=O) groups is 1. The molecule has 0 saturated carbocycles. The summed E-state index contributed by atoms with van der Waals surface area (Å²) in [7, 11) is 1.64. The molecule has 3 aromatic rings. The molecular weight excluding hydrogens is 328 g/mol. The Morgan fingerprint density at radius 3 is 2.88 bits per heavy atom. The monoisotopic (exact) mass is 352 g/mol. The van der Waals surface area contributed by atoms with E-state index in [1.807, 2.05) is 36.7 Å². The smallest absolute Gasteiger partial charge is 0.234 e. The zero-order valence-corrected chi connectivity index (χ0v) is 14.9. The van der Waals surface area contributed by atoms with Crippen LogP contribution in [0.15, 0.2) is 54.9 Å². The summed E-state index contributed by atoms with van der Waals surface area (Å²) >= 11 is 0. The maximum atomic E-state index is 11.8. The first-order chi connectivity index (χ1) is 12.8. The molecule has 3 rings (SSSR count). The van der Waals surface area contributed by atoms with Crippen LogP contribution in [0.4, 0.5) is 0 Å². The second-order valence-corrected chi connectivity index (χ2v) is 6.13. The van der Waals surface area contributed by atoms with Crippen molar-refractivity contribution in [3.05, 3.63) is 66.0 Å². The van der Waals surface area contributed by atoms with E-state index in [4.69, 9.17) is 4.74 Å². The van der Waals surface area contributed by atoms with Gasteiger partial charge in [0.1, 0.15) is 0 Å². The fourth-order valence-electron chi connectivity index (χ4n) is 2.81. The third kappa shape index (κ3) is 4.91. The highest BCUT2D eigenvalue weighted by Crippen LogP contribution is 2.14. The summed E-state index contributed by atoms with van der Waals surface area (Å²) in [6.45, 7) is 2.82. The van der Waals surface area contributed by atoms with Gasteiger partial charge in [0.2, 0.25) is 5.91 Å². The summed E-state index contributed by atoms with van der Waals surface area (Å²) in [4.78, 5) is 16.3. The molecule has 0 radical (unpaired) electrons. The van der Waals surface area contributed by atoms with Gasteiger partial charge in [-0.25, -0.2) is 4.98 Å². The standard InChI is InChI=1S/C20H24N4O2/c1-26-10-9-21-13-20(25)22-12-16-5-4-6-17(11-16)14-24-15-23-18-7-2-3-8-19(18)24/h2-8,11,15,21H,9-10,12-14H2,1H3,(H,22,25). The molecule has 136 valence electrons. The molecule has 26 heavy (non-hydrogen) atoms. The summed E-state index contributed by atoms with van der Waals surface area (Å²) in [5.74, 6) is -0.0212. The third-order valence-corrected chi connectivity index (χ3v) is 4.13. The van der Waals surface area contributed by atoms with Gasteiger partial charge in [0.15, 0.2) is 0 Å². The van der Waals surface area contributed by atoms with E-state index in [9.17, 15) is 4.79 Å². The maximum absolute atomic E-state index is 11.8. The van der Waals surface area contributed by atoms with Gasteiger partial charge in [-0.2, -0.15) is 0 Å². The molecule has 0 aliphatic heterocycles. The fourth-order valence-corrected chi connectivity index (χ4v) is 2.81. The number of para-hydroxylation sites is 2. The van der Waals surface area contributed by atoms with Gasteiger partial charge >= 0.3 is 0 Å². The van der Waals surface area contributed by atoms with E-state index in [2.05, 4.69) is 38.4 Å². The van der Waals surface area contributed by atoms with Crippen molar-refractivity contribution in [2.75, 3.05) is 26.8 Å². The Kier molecular flexibility index (Phi) is 6.35. The van der Waals surface area contributed by atoms with Crippen LogP contribution in [-0.4, -0.2) is 42.3 Å². The summed E-state index contributed by atoms with van der Waals surface area (Å²) in [5, 5.41) is 5.96. The van der Waals surface area contributed by atoms with Gasteiger partial charge in [0.05, 0.1) is 30.5 Å². The fraction of sp³-hybridized carbons (Fsp3) is 0.300. The molecule has 0 saturated heterocycles. The topological polar surface area (TPSA) is 68.2 Å². The average Bonchev–Trinajstić information content (AvgIpc) is 3.07. The van der Waals surface area contributed by atoms with Crippen LogP contribution in [0.2, 0.25) is 0 Å². The number of nitrogens with zero attached hydrogens (tertiary/aromatic N) is 2. The number of fused-ring (bicyclic) bond motifs is 1. The highest BCUT2D eigenvalue weighted by molar-refractivity contribution is 5.78. The van der Waals surface area contributed by atoms with Crippen molar-refractivity contribution in [2.24, 2.45) is 0 Å². The van der Waals surface area contributed by atoms with Crippen LogP contribution in [0.3, 0.4) is 0 Å². The highest BCUT2D eigenvalue weighted by Gasteiger charge is 2.04. The van der Waals surface area contributed by atoms with Crippen LogP contribution >= 0.6 is 0 Å². The van der Waals surface area contributed by atoms with E-state index in [0.29, 0.717) is 26.2 Å². The van der Waals surface area contributed by atoms with Gasteiger partial charge in [-0.1, -0.05) is 36.4 Å². The number of carbonyl (C=O) groups excluding carboxylic acids is 1. The number of nitrogens with one attached hydrogen (secondary N) is 2. The molecule has 6 heteroatoms. The van der Waals surface area contributed by atoms with E-state index in [1.54, 1.807) is 7.11 Å². The molecule has 0 atom stereocenters. The van der Waals surface area contributed by atoms with E-state index in [-0.39, 0.29) is 5.91 Å². The normalized spacial score (nSPS) is 11.0. The van der Waals surface area contributed by atoms with Gasteiger partial charge in [-0.15, -0.1) is 0 Å². The Bertz CT molecular complexity index is 860. The van der Waals surface area contributed by atoms with Crippen molar-refractivity contribution in [1.82, 2.24) is 20.2 Å². The molecule has 6 nitrogen and oxygen atoms in total. The number of hydrogen-bond donors (Lipinski definition) is 2. The SMILES string of the molecule is COCCNCC(=O)NCc1cccc(Cn2cnc3ccccc32)c1. The minimum Gasteiger partial charge on any atom is -0.383 e. The van der Waals surface area contributed by atoms with E-state index in [1.165, 1.54) is 5.56 Å². The first-order valence-electron chi connectivity index (χ1n) is 8.70. The van der Waals surface area contributed by atoms with Crippen LogP contribution in [0.1, 0.15) is 11.1 Å². The summed E-state index contributed by atoms with van der Waals surface area (Å²) in [6, 6.07) is 16.3. The van der Waals surface area contributed by atoms with Gasteiger partial charge in [0, 0.05) is 26.7 Å². The summed E-state index contributed by atoms with van der Waals surface area (Å²) in [5.41, 5.74) is 4.38. The van der Waals surface area contributed by atoms with Crippen LogP contribution in [-0.2, 0) is 22.6 Å². The predicted octanol–water partition coefficient (Wildman–Crippen LogP) is 1.94. The largest absolute Gasteiger partial charge is 0.383 e. The van der Waals surface area contributed by atoms with Crippen LogP contribution < -0.4 is 10.6 Å². The van der Waals surface area contributed by atoms with E-state index in [0.717, 1.165) is 23.1 Å². The zero-order valence-electron chi connectivity index (χ0n) is 14.9. The Balaban J connectivity index is 1.56. The van der Waals surface area contributed by atoms with Crippen molar-refractivity contribution in [2.45, 2.75) is 13.1 Å². The Hall–Kier alpha value is -2.70. The first kappa shape index (κ1) is 18.1. The van der Waals surface area contributed by atoms with Crippen LogP contribution in [0.25, 0.3) is 11.0 Å². The lowest BCUT2D eigenvalue weighted by Crippen LogP contribution is -2.34. The molecule has 0 aliphatic carbocycles. The lowest BCUT2D eigenvalue weighted by Gasteiger charge is -2.09. The number of benzene rings is 2. The minimum atomic E-state index is -0.0212. The number of rotatable bonds is 9. The lowest BCUT2D eigenvalue weighted by molar-refractivity contribution is -0.120. The minimum absolute atomic E-state index is 0.0212. The molecular formula is C20H24N4O2. The Labute approximate surface area is 153 Å². The lowest BCUT2D eigenvalue weighted by atomic mass is 10.1. The zero-order chi connectivity index (χ0) is 18.2. The Morgan fingerprint density at radius 1 is 1.15 bits per heavy atom. The maximum Gasteiger partial charge on any atom is 0.234 e. The molecule has 1 heterocycles. The predicted molar refractivity (Wildman–Crippen MR) is 102 cm³/mol. The second kappa shape index (κ2) is 9.12. The quantitative estimate of drug-likeness (QED) is 0.578. The van der Waals surface area contributed by atoms with Crippen LogP contribution in [0.5, 0.6) is 0 Å². The molecule has 2 N–H and O–H groups in total. The average molecular weight is 352 g/mol. The van der Waals surface area contributed by atoms with E-state index >= 15 is 0 Å². The van der Waals surface area contributed by atoms with Crippen molar-refractivity contribution < 1.29 is 9.53 Å². The number of amides is 1. The second-order valence-electron chi connectivity index (χ2n) is 6.13. The van der Waals surface area contributed by atoms with Gasteiger partial charge in [-0.05, 0) is 23.3 Å². The van der Waals surface area contributed by atoms with Crippen molar-refractivity contribution >= 4 is 16.9 Å². The summed E-state index contributed by atoms with van der Waals surface area (Å²) < 4.78 is 7.07. The molecule has 1 amide bonds. The molecule has 0 aliphatic rings.